The van der Waals surface area contributed by atoms with Crippen LogP contribution in [0.5, 0.6) is 0 Å². The van der Waals surface area contributed by atoms with Crippen LogP contribution in [0, 0.1) is 11.7 Å². The summed E-state index contributed by atoms with van der Waals surface area (Å²) in [5.41, 5.74) is 2.23. The summed E-state index contributed by atoms with van der Waals surface area (Å²) in [5, 5.41) is 3.01. The smallest absolute Gasteiger partial charge is 0.238 e. The molecule has 0 radical (unpaired) electrons. The van der Waals surface area contributed by atoms with Crippen molar-refractivity contribution in [1.82, 2.24) is 0 Å². The molecule has 0 aliphatic carbocycles. The van der Waals surface area contributed by atoms with Gasteiger partial charge in [-0.15, -0.1) is 0 Å². The second-order valence-electron chi connectivity index (χ2n) is 10.3. The number of hydrogen-bond donors (Lipinski definition) is 1. The molecule has 40 heavy (non-hydrogen) atoms. The summed E-state index contributed by atoms with van der Waals surface area (Å²) in [7, 11) is 0. The molecule has 7 heteroatoms. The predicted octanol–water partition coefficient (Wildman–Crippen LogP) is 6.44. The van der Waals surface area contributed by atoms with Crippen LogP contribution >= 0.6 is 15.9 Å². The molecule has 1 saturated heterocycles. The molecule has 3 heterocycles. The van der Waals surface area contributed by atoms with Crippen molar-refractivity contribution in [2.75, 3.05) is 10.2 Å². The maximum absolute atomic E-state index is 14.6. The number of nitrogens with one attached hydrogen (secondary N) is 1. The van der Waals surface area contributed by atoms with Crippen molar-refractivity contribution < 1.29 is 18.8 Å². The van der Waals surface area contributed by atoms with Crippen LogP contribution in [0.1, 0.15) is 31.8 Å². The van der Waals surface area contributed by atoms with Gasteiger partial charge >= 0.3 is 0 Å². The Morgan fingerprint density at radius 1 is 0.825 bits per heavy atom. The van der Waals surface area contributed by atoms with Gasteiger partial charge in [0.25, 0.3) is 0 Å². The first-order chi connectivity index (χ1) is 19.4. The summed E-state index contributed by atoms with van der Waals surface area (Å²) < 4.78 is 14.7. The third-order valence-electron chi connectivity index (χ3n) is 8.35. The van der Waals surface area contributed by atoms with Crippen LogP contribution in [0.2, 0.25) is 0 Å². The van der Waals surface area contributed by atoms with Gasteiger partial charge in [-0.25, -0.2) is 4.39 Å². The van der Waals surface area contributed by atoms with E-state index < -0.39 is 29.2 Å². The topological polar surface area (TPSA) is 66.5 Å². The zero-order valence-electron chi connectivity index (χ0n) is 21.1. The first kappa shape index (κ1) is 24.7. The summed E-state index contributed by atoms with van der Waals surface area (Å²) in [6.45, 7) is 0. The fourth-order valence-electron chi connectivity index (χ4n) is 6.70. The Bertz CT molecular complexity index is 1730. The summed E-state index contributed by atoms with van der Waals surface area (Å²) in [6, 6.07) is 25.7. The van der Waals surface area contributed by atoms with E-state index in [0.717, 1.165) is 15.7 Å². The maximum atomic E-state index is 14.6. The second-order valence-corrected chi connectivity index (χ2v) is 11.2. The van der Waals surface area contributed by atoms with Crippen LogP contribution in [0.4, 0.5) is 15.8 Å². The summed E-state index contributed by atoms with van der Waals surface area (Å²) in [4.78, 5) is 45.4. The number of benzene rings is 4. The van der Waals surface area contributed by atoms with Gasteiger partial charge in [0.15, 0.2) is 11.6 Å². The number of halogens is 2. The number of ketones is 2. The van der Waals surface area contributed by atoms with Crippen molar-refractivity contribution in [2.45, 2.75) is 17.5 Å². The number of rotatable bonds is 4. The van der Waals surface area contributed by atoms with Crippen LogP contribution < -0.4 is 10.2 Å². The molecule has 3 aliphatic heterocycles. The van der Waals surface area contributed by atoms with E-state index in [1.807, 2.05) is 65.6 Å². The van der Waals surface area contributed by atoms with E-state index in [-0.39, 0.29) is 23.0 Å². The van der Waals surface area contributed by atoms with Crippen molar-refractivity contribution >= 4 is 50.9 Å². The Balaban J connectivity index is 1.53. The molecular formula is C33H22BrFN2O3. The molecule has 0 bridgehead atoms. The van der Waals surface area contributed by atoms with Crippen LogP contribution in [0.3, 0.4) is 0 Å². The van der Waals surface area contributed by atoms with Gasteiger partial charge in [0.1, 0.15) is 17.3 Å². The van der Waals surface area contributed by atoms with Crippen molar-refractivity contribution in [2.24, 2.45) is 5.92 Å². The lowest BCUT2D eigenvalue weighted by Gasteiger charge is -2.37. The molecule has 1 amide bonds. The number of Topliss-reactive ketones (excluding diaryl/α,β-unsaturated/α-hetero) is 2. The highest BCUT2D eigenvalue weighted by Crippen LogP contribution is 2.58. The summed E-state index contributed by atoms with van der Waals surface area (Å²) in [6.07, 6.45) is 3.89. The number of para-hydroxylation sites is 2. The second kappa shape index (κ2) is 9.10. The highest BCUT2D eigenvalue weighted by Gasteiger charge is 2.70. The number of hydrogen-bond acceptors (Lipinski definition) is 4. The minimum atomic E-state index is -1.40. The molecule has 4 aromatic carbocycles. The summed E-state index contributed by atoms with van der Waals surface area (Å²) >= 11 is 3.43. The van der Waals surface area contributed by atoms with Crippen molar-refractivity contribution in [3.8, 4) is 0 Å². The van der Waals surface area contributed by atoms with E-state index in [2.05, 4.69) is 21.2 Å². The van der Waals surface area contributed by atoms with E-state index in [0.29, 0.717) is 16.8 Å². The maximum Gasteiger partial charge on any atom is 0.238 e. The molecule has 1 unspecified atom stereocenters. The number of amides is 1. The lowest BCUT2D eigenvalue weighted by Crippen LogP contribution is -2.51. The number of carbonyl (C=O) groups excluding carboxylic acids is 3. The van der Waals surface area contributed by atoms with Gasteiger partial charge in [0, 0.05) is 27.0 Å². The van der Waals surface area contributed by atoms with E-state index >= 15 is 0 Å². The first-order valence-electron chi connectivity index (χ1n) is 13.0. The predicted molar refractivity (Wildman–Crippen MR) is 155 cm³/mol. The van der Waals surface area contributed by atoms with Gasteiger partial charge in [0.05, 0.1) is 12.0 Å². The molecule has 7 rings (SSSR count). The number of anilines is 2. The molecule has 4 aromatic rings. The van der Waals surface area contributed by atoms with Crippen LogP contribution in [-0.4, -0.2) is 29.6 Å². The molecule has 5 nitrogen and oxygen atoms in total. The molecule has 1 spiro atoms. The number of carbonyl (C=O) groups is 3. The highest BCUT2D eigenvalue weighted by atomic mass is 79.9. The molecular weight excluding hydrogens is 571 g/mol. The van der Waals surface area contributed by atoms with E-state index in [1.54, 1.807) is 24.3 Å². The van der Waals surface area contributed by atoms with Crippen molar-refractivity contribution in [3.05, 3.63) is 136 Å². The largest absolute Gasteiger partial charge is 0.352 e. The molecule has 1 N–H and O–H groups in total. The third-order valence-corrected chi connectivity index (χ3v) is 8.88. The van der Waals surface area contributed by atoms with Gasteiger partial charge in [-0.05, 0) is 59.7 Å². The fraction of sp³-hybridized carbons (Fsp3) is 0.121. The Labute approximate surface area is 238 Å². The molecule has 0 saturated carbocycles. The van der Waals surface area contributed by atoms with Gasteiger partial charge in [-0.2, -0.15) is 0 Å². The summed E-state index contributed by atoms with van der Waals surface area (Å²) in [5.74, 6) is -2.56. The van der Waals surface area contributed by atoms with Gasteiger partial charge in [-0.3, -0.25) is 14.4 Å². The van der Waals surface area contributed by atoms with Crippen LogP contribution in [-0.2, 0) is 10.2 Å². The van der Waals surface area contributed by atoms with E-state index in [1.165, 1.54) is 24.3 Å². The lowest BCUT2D eigenvalue weighted by atomic mass is 9.64. The molecule has 4 atom stereocenters. The zero-order chi connectivity index (χ0) is 27.6. The molecule has 0 aromatic heterocycles. The third kappa shape index (κ3) is 3.40. The van der Waals surface area contributed by atoms with Gasteiger partial charge < -0.3 is 10.2 Å². The Kier molecular flexibility index (Phi) is 5.61. The number of fused-ring (bicyclic) bond motifs is 6. The number of nitrogens with zero attached hydrogens (tertiary/aromatic N) is 1. The zero-order valence-corrected chi connectivity index (χ0v) is 22.6. The van der Waals surface area contributed by atoms with Gasteiger partial charge in [0.2, 0.25) is 5.91 Å². The standard InChI is InChI=1S/C33H22BrFN2O3/c34-22-14-9-21(10-15-22)31(39)29-28(30(38)20-11-16-23(35)17-12-20)33(24-6-2-3-7-25(24)36-32(33)40)27-18-13-19-5-1-4-8-26(19)37(27)29/h1-18,27-29H,(H,36,40)/t27?,28-,29+,33+/m0/s1. The van der Waals surface area contributed by atoms with Crippen molar-refractivity contribution in [1.29, 1.82) is 0 Å². The Morgan fingerprint density at radius 3 is 2.25 bits per heavy atom. The molecule has 1 fully saturated rings. The van der Waals surface area contributed by atoms with Crippen LogP contribution in [0.25, 0.3) is 6.08 Å². The minimum absolute atomic E-state index is 0.244. The van der Waals surface area contributed by atoms with Crippen molar-refractivity contribution in [3.63, 3.8) is 0 Å². The average molecular weight is 593 g/mol. The quantitative estimate of drug-likeness (QED) is 0.277. The average Bonchev–Trinajstić information content (AvgIpc) is 3.45. The Hall–Kier alpha value is -4.36. The monoisotopic (exact) mass is 592 g/mol. The van der Waals surface area contributed by atoms with Crippen LogP contribution in [0.15, 0.2) is 108 Å². The van der Waals surface area contributed by atoms with E-state index in [4.69, 9.17) is 0 Å². The first-order valence-corrected chi connectivity index (χ1v) is 13.8. The highest BCUT2D eigenvalue weighted by molar-refractivity contribution is 9.10. The van der Waals surface area contributed by atoms with Gasteiger partial charge in [-0.1, -0.05) is 76.6 Å². The molecule has 196 valence electrons. The lowest BCUT2D eigenvalue weighted by molar-refractivity contribution is -0.121. The molecule has 3 aliphatic rings. The fourth-order valence-corrected chi connectivity index (χ4v) is 6.96. The SMILES string of the molecule is O=C(c1ccc(F)cc1)[C@@H]1[C@H](C(=O)c2ccc(Br)cc2)N2c3ccccc3C=CC2[C@@]12C(=O)Nc1ccccc12. The minimum Gasteiger partial charge on any atom is -0.352 e. The Morgan fingerprint density at radius 2 is 1.48 bits per heavy atom. The van der Waals surface area contributed by atoms with E-state index in [9.17, 15) is 18.8 Å². The normalized spacial score (nSPS) is 23.9.